The minimum atomic E-state index is -0.0428. The highest BCUT2D eigenvalue weighted by molar-refractivity contribution is 9.10. The number of amides is 1. The van der Waals surface area contributed by atoms with Crippen LogP contribution in [0, 0.1) is 0 Å². The number of carbonyl (C=O) groups is 1. The Hall–Kier alpha value is -1.99. The Morgan fingerprint density at radius 3 is 2.50 bits per heavy atom. The third kappa shape index (κ3) is 4.30. The molecule has 1 N–H and O–H groups in total. The summed E-state index contributed by atoms with van der Waals surface area (Å²) in [6.45, 7) is 5.19. The summed E-state index contributed by atoms with van der Waals surface area (Å²) in [6.07, 6.45) is 3.54. The Kier molecular flexibility index (Phi) is 5.77. The molecule has 0 unspecified atom stereocenters. The highest BCUT2D eigenvalue weighted by atomic mass is 79.9. The largest absolute Gasteiger partial charge is 0.351 e. The molecule has 1 saturated heterocycles. The fourth-order valence-corrected chi connectivity index (χ4v) is 3.16. The van der Waals surface area contributed by atoms with Crippen LogP contribution >= 0.6 is 15.9 Å². The molecule has 1 amide bonds. The van der Waals surface area contributed by atoms with Crippen molar-refractivity contribution >= 4 is 27.8 Å². The fourth-order valence-electron chi connectivity index (χ4n) is 2.69. The van der Waals surface area contributed by atoms with Crippen molar-refractivity contribution in [3.63, 3.8) is 0 Å². The predicted molar refractivity (Wildman–Crippen MR) is 97.2 cm³/mol. The quantitative estimate of drug-likeness (QED) is 0.844. The number of halogens is 1. The van der Waals surface area contributed by atoms with Gasteiger partial charge in [0.05, 0.1) is 5.56 Å². The molecular weight excluding hydrogens is 370 g/mol. The van der Waals surface area contributed by atoms with Crippen molar-refractivity contribution in [2.45, 2.75) is 0 Å². The van der Waals surface area contributed by atoms with Crippen LogP contribution in [0.25, 0.3) is 0 Å². The van der Waals surface area contributed by atoms with E-state index < -0.39 is 0 Å². The molecule has 126 valence electrons. The number of hydrogen-bond donors (Lipinski definition) is 1. The molecule has 0 radical (unpaired) electrons. The lowest BCUT2D eigenvalue weighted by molar-refractivity contribution is 0.0947. The van der Waals surface area contributed by atoms with Gasteiger partial charge >= 0.3 is 0 Å². The van der Waals surface area contributed by atoms with Gasteiger partial charge in [-0.05, 0) is 34.1 Å². The number of rotatable bonds is 5. The van der Waals surface area contributed by atoms with Crippen molar-refractivity contribution in [2.24, 2.45) is 0 Å². The van der Waals surface area contributed by atoms with Crippen molar-refractivity contribution in [2.75, 3.05) is 44.2 Å². The average molecular weight is 390 g/mol. The van der Waals surface area contributed by atoms with E-state index in [1.54, 1.807) is 12.4 Å². The molecule has 1 aromatic carbocycles. The zero-order chi connectivity index (χ0) is 16.8. The maximum Gasteiger partial charge on any atom is 0.252 e. The van der Waals surface area contributed by atoms with Gasteiger partial charge in [0.2, 0.25) is 5.95 Å². The molecule has 2 aromatic rings. The molecule has 0 atom stereocenters. The third-order valence-electron chi connectivity index (χ3n) is 4.04. The first-order valence-corrected chi connectivity index (χ1v) is 8.80. The lowest BCUT2D eigenvalue weighted by Gasteiger charge is -2.34. The molecule has 7 heteroatoms. The molecule has 1 aliphatic heterocycles. The number of nitrogens with zero attached hydrogens (tertiary/aromatic N) is 4. The summed E-state index contributed by atoms with van der Waals surface area (Å²) >= 11 is 3.41. The van der Waals surface area contributed by atoms with Crippen molar-refractivity contribution < 1.29 is 4.79 Å². The van der Waals surface area contributed by atoms with Crippen molar-refractivity contribution in [1.29, 1.82) is 0 Å². The van der Waals surface area contributed by atoms with Crippen LogP contribution in [0.4, 0.5) is 5.95 Å². The van der Waals surface area contributed by atoms with Crippen LogP contribution in [0.2, 0.25) is 0 Å². The van der Waals surface area contributed by atoms with Crippen molar-refractivity contribution in [3.05, 3.63) is 52.8 Å². The number of aromatic nitrogens is 2. The Labute approximate surface area is 150 Å². The smallest absolute Gasteiger partial charge is 0.252 e. The molecule has 24 heavy (non-hydrogen) atoms. The SMILES string of the molecule is O=C(NCCN1CCN(c2ncccn2)CC1)c1ccccc1Br. The molecule has 3 rings (SSSR count). The Morgan fingerprint density at radius 1 is 1.08 bits per heavy atom. The molecule has 6 nitrogen and oxygen atoms in total. The average Bonchev–Trinajstić information content (AvgIpc) is 2.63. The van der Waals surface area contributed by atoms with E-state index in [-0.39, 0.29) is 5.91 Å². The second-order valence-corrected chi connectivity index (χ2v) is 6.47. The van der Waals surface area contributed by atoms with Gasteiger partial charge in [-0.3, -0.25) is 9.69 Å². The predicted octanol–water partition coefficient (Wildman–Crippen LogP) is 1.79. The first-order valence-electron chi connectivity index (χ1n) is 8.01. The van der Waals surface area contributed by atoms with E-state index in [4.69, 9.17) is 0 Å². The Morgan fingerprint density at radius 2 is 1.79 bits per heavy atom. The third-order valence-corrected chi connectivity index (χ3v) is 4.73. The first kappa shape index (κ1) is 16.9. The molecule has 1 aliphatic rings. The highest BCUT2D eigenvalue weighted by Gasteiger charge is 2.18. The van der Waals surface area contributed by atoms with E-state index in [2.05, 4.69) is 41.0 Å². The number of carbonyl (C=O) groups excluding carboxylic acids is 1. The van der Waals surface area contributed by atoms with E-state index in [1.807, 2.05) is 30.3 Å². The van der Waals surface area contributed by atoms with Gasteiger partial charge in [-0.15, -0.1) is 0 Å². The van der Waals surface area contributed by atoms with Crippen LogP contribution in [-0.4, -0.2) is 60.0 Å². The van der Waals surface area contributed by atoms with E-state index in [0.29, 0.717) is 12.1 Å². The van der Waals surface area contributed by atoms with Gasteiger partial charge in [0.15, 0.2) is 0 Å². The molecule has 2 heterocycles. The minimum absolute atomic E-state index is 0.0428. The van der Waals surface area contributed by atoms with Gasteiger partial charge < -0.3 is 10.2 Å². The van der Waals surface area contributed by atoms with Crippen LogP contribution in [0.5, 0.6) is 0 Å². The second kappa shape index (κ2) is 8.21. The number of anilines is 1. The van der Waals surface area contributed by atoms with E-state index in [9.17, 15) is 4.79 Å². The fraction of sp³-hybridized carbons (Fsp3) is 0.353. The summed E-state index contributed by atoms with van der Waals surface area (Å²) < 4.78 is 0.818. The number of hydrogen-bond acceptors (Lipinski definition) is 5. The first-order chi connectivity index (χ1) is 11.7. The topological polar surface area (TPSA) is 61.4 Å². The molecule has 0 bridgehead atoms. The number of benzene rings is 1. The summed E-state index contributed by atoms with van der Waals surface area (Å²) in [6, 6.07) is 9.28. The van der Waals surface area contributed by atoms with E-state index >= 15 is 0 Å². The van der Waals surface area contributed by atoms with E-state index in [1.165, 1.54) is 0 Å². The van der Waals surface area contributed by atoms with Crippen LogP contribution in [0.1, 0.15) is 10.4 Å². The van der Waals surface area contributed by atoms with Crippen molar-refractivity contribution in [3.8, 4) is 0 Å². The Balaban J connectivity index is 1.41. The molecular formula is C17H20BrN5O. The van der Waals surface area contributed by atoms with Crippen LogP contribution < -0.4 is 10.2 Å². The number of piperazine rings is 1. The van der Waals surface area contributed by atoms with Crippen LogP contribution in [-0.2, 0) is 0 Å². The molecule has 0 spiro atoms. The number of nitrogens with one attached hydrogen (secondary N) is 1. The summed E-state index contributed by atoms with van der Waals surface area (Å²) in [5.74, 6) is 0.748. The summed E-state index contributed by atoms with van der Waals surface area (Å²) in [4.78, 5) is 25.3. The molecule has 1 fully saturated rings. The van der Waals surface area contributed by atoms with Gasteiger partial charge in [-0.1, -0.05) is 12.1 Å². The second-order valence-electron chi connectivity index (χ2n) is 5.61. The van der Waals surface area contributed by atoms with Gasteiger partial charge in [0.25, 0.3) is 5.91 Å². The lowest BCUT2D eigenvalue weighted by Crippen LogP contribution is -2.49. The minimum Gasteiger partial charge on any atom is -0.351 e. The lowest BCUT2D eigenvalue weighted by atomic mass is 10.2. The maximum atomic E-state index is 12.2. The molecule has 0 saturated carbocycles. The highest BCUT2D eigenvalue weighted by Crippen LogP contribution is 2.15. The zero-order valence-corrected chi connectivity index (χ0v) is 14.9. The normalized spacial score (nSPS) is 15.3. The van der Waals surface area contributed by atoms with Crippen molar-refractivity contribution in [1.82, 2.24) is 20.2 Å². The Bertz CT molecular complexity index is 674. The summed E-state index contributed by atoms with van der Waals surface area (Å²) in [7, 11) is 0. The van der Waals surface area contributed by atoms with Crippen LogP contribution in [0.3, 0.4) is 0 Å². The van der Waals surface area contributed by atoms with Crippen LogP contribution in [0.15, 0.2) is 47.2 Å². The van der Waals surface area contributed by atoms with Gasteiger partial charge in [-0.2, -0.15) is 0 Å². The molecule has 0 aliphatic carbocycles. The van der Waals surface area contributed by atoms with E-state index in [0.717, 1.165) is 43.1 Å². The maximum absolute atomic E-state index is 12.2. The van der Waals surface area contributed by atoms with Gasteiger partial charge in [0.1, 0.15) is 0 Å². The van der Waals surface area contributed by atoms with Gasteiger partial charge in [0, 0.05) is 56.1 Å². The summed E-state index contributed by atoms with van der Waals surface area (Å²) in [5.41, 5.74) is 0.670. The monoisotopic (exact) mass is 389 g/mol. The zero-order valence-electron chi connectivity index (χ0n) is 13.4. The molecule has 1 aromatic heterocycles. The standard InChI is InChI=1S/C17H20BrN5O/c18-15-5-2-1-4-14(15)16(24)19-8-9-22-10-12-23(13-11-22)17-20-6-3-7-21-17/h1-7H,8-13H2,(H,19,24). The summed E-state index contributed by atoms with van der Waals surface area (Å²) in [5, 5.41) is 2.98. The van der Waals surface area contributed by atoms with Gasteiger partial charge in [-0.25, -0.2) is 9.97 Å².